The second kappa shape index (κ2) is 5.60. The van der Waals surface area contributed by atoms with E-state index in [1.54, 1.807) is 6.26 Å². The van der Waals surface area contributed by atoms with E-state index in [9.17, 15) is 4.79 Å². The average molecular weight is 276 g/mol. The van der Waals surface area contributed by atoms with Gasteiger partial charge in [-0.15, -0.1) is 0 Å². The predicted octanol–water partition coefficient (Wildman–Crippen LogP) is 2.65. The summed E-state index contributed by atoms with van der Waals surface area (Å²) in [6, 6.07) is 2.04. The van der Waals surface area contributed by atoms with Crippen LogP contribution in [0.15, 0.2) is 23.0 Å². The van der Waals surface area contributed by atoms with Crippen molar-refractivity contribution < 1.29 is 9.21 Å². The smallest absolute Gasteiger partial charge is 0.223 e. The minimum atomic E-state index is 0.150. The molecule has 1 amide bonds. The molecule has 2 fully saturated rings. The van der Waals surface area contributed by atoms with E-state index in [0.29, 0.717) is 5.91 Å². The second-order valence-electron chi connectivity index (χ2n) is 6.12. The van der Waals surface area contributed by atoms with Crippen LogP contribution in [0, 0.1) is 0 Å². The first-order valence-electron chi connectivity index (χ1n) is 7.77. The van der Waals surface area contributed by atoms with E-state index in [1.165, 1.54) is 12.0 Å². The quantitative estimate of drug-likeness (QED) is 0.851. The summed E-state index contributed by atoms with van der Waals surface area (Å²) in [6.07, 6.45) is 8.83. The number of carbonyl (C=O) groups is 1. The molecule has 0 bridgehead atoms. The average Bonchev–Trinajstić information content (AvgIpc) is 2.99. The minimum absolute atomic E-state index is 0.150. The fraction of sp³-hybridized carbons (Fsp3) is 0.688. The van der Waals surface area contributed by atoms with Crippen LogP contribution in [0.5, 0.6) is 0 Å². The summed E-state index contributed by atoms with van der Waals surface area (Å²) < 4.78 is 5.15. The van der Waals surface area contributed by atoms with Crippen LogP contribution in [-0.4, -0.2) is 40.9 Å². The Morgan fingerprint density at radius 1 is 1.30 bits per heavy atom. The molecule has 2 aliphatic heterocycles. The fourth-order valence-corrected chi connectivity index (χ4v) is 3.94. The molecule has 2 saturated heterocycles. The van der Waals surface area contributed by atoms with Gasteiger partial charge in [-0.3, -0.25) is 9.69 Å². The molecule has 1 atom stereocenters. The molecule has 20 heavy (non-hydrogen) atoms. The van der Waals surface area contributed by atoms with E-state index in [2.05, 4.69) is 16.7 Å². The van der Waals surface area contributed by atoms with E-state index in [-0.39, 0.29) is 5.54 Å². The highest BCUT2D eigenvalue weighted by atomic mass is 16.3. The zero-order chi connectivity index (χ0) is 14.0. The van der Waals surface area contributed by atoms with E-state index in [4.69, 9.17) is 4.42 Å². The summed E-state index contributed by atoms with van der Waals surface area (Å²) >= 11 is 0. The first-order chi connectivity index (χ1) is 9.73. The van der Waals surface area contributed by atoms with Gasteiger partial charge in [-0.25, -0.2) is 0 Å². The number of carbonyl (C=O) groups excluding carboxylic acids is 1. The first-order valence-corrected chi connectivity index (χ1v) is 7.77. The molecule has 0 saturated carbocycles. The van der Waals surface area contributed by atoms with Crippen molar-refractivity contribution in [1.82, 2.24) is 9.80 Å². The maximum atomic E-state index is 12.0. The topological polar surface area (TPSA) is 36.7 Å². The molecule has 0 aliphatic carbocycles. The maximum absolute atomic E-state index is 12.0. The molecule has 1 spiro atoms. The summed E-state index contributed by atoms with van der Waals surface area (Å²) in [6.45, 7) is 6.14. The van der Waals surface area contributed by atoms with E-state index < -0.39 is 0 Å². The van der Waals surface area contributed by atoms with Gasteiger partial charge < -0.3 is 9.32 Å². The molecule has 3 rings (SSSR count). The van der Waals surface area contributed by atoms with Gasteiger partial charge in [0.25, 0.3) is 0 Å². The summed E-state index contributed by atoms with van der Waals surface area (Å²) in [5, 5.41) is 0. The molecule has 0 N–H and O–H groups in total. The van der Waals surface area contributed by atoms with Crippen LogP contribution < -0.4 is 0 Å². The molecule has 0 unspecified atom stereocenters. The predicted molar refractivity (Wildman–Crippen MR) is 77.2 cm³/mol. The number of rotatable bonds is 3. The summed E-state index contributed by atoms with van der Waals surface area (Å²) in [7, 11) is 0. The zero-order valence-electron chi connectivity index (χ0n) is 12.3. The molecule has 2 aliphatic rings. The monoisotopic (exact) mass is 276 g/mol. The van der Waals surface area contributed by atoms with Gasteiger partial charge in [0, 0.05) is 37.2 Å². The lowest BCUT2D eigenvalue weighted by Gasteiger charge is -2.37. The van der Waals surface area contributed by atoms with Crippen molar-refractivity contribution >= 4 is 5.91 Å². The van der Waals surface area contributed by atoms with Gasteiger partial charge in [-0.05, 0) is 45.2 Å². The van der Waals surface area contributed by atoms with Crippen LogP contribution in [-0.2, 0) is 11.3 Å². The molecular weight excluding hydrogens is 252 g/mol. The van der Waals surface area contributed by atoms with Crippen molar-refractivity contribution in [2.24, 2.45) is 0 Å². The minimum Gasteiger partial charge on any atom is -0.472 e. The Kier molecular flexibility index (Phi) is 3.83. The van der Waals surface area contributed by atoms with Gasteiger partial charge in [-0.1, -0.05) is 0 Å². The second-order valence-corrected chi connectivity index (χ2v) is 6.12. The standard InChI is InChI=1S/C16H24N2O2/c1-2-18-15(19)4-7-16(18)6-3-9-17(10-8-16)12-14-5-11-20-13-14/h5,11,13H,2-4,6-10,12H2,1H3/t16-/m0/s1. The van der Waals surface area contributed by atoms with E-state index in [1.807, 2.05) is 12.3 Å². The molecule has 1 aromatic rings. The molecule has 4 nitrogen and oxygen atoms in total. The Morgan fingerprint density at radius 2 is 2.20 bits per heavy atom. The van der Waals surface area contributed by atoms with Gasteiger partial charge >= 0.3 is 0 Å². The fourth-order valence-electron chi connectivity index (χ4n) is 3.94. The van der Waals surface area contributed by atoms with Crippen LogP contribution in [0.3, 0.4) is 0 Å². The van der Waals surface area contributed by atoms with Crippen molar-refractivity contribution in [2.75, 3.05) is 19.6 Å². The van der Waals surface area contributed by atoms with Crippen LogP contribution >= 0.6 is 0 Å². The van der Waals surface area contributed by atoms with Crippen LogP contribution in [0.4, 0.5) is 0 Å². The molecule has 0 radical (unpaired) electrons. The molecule has 0 aromatic carbocycles. The largest absolute Gasteiger partial charge is 0.472 e. The Balaban J connectivity index is 1.66. The summed E-state index contributed by atoms with van der Waals surface area (Å²) in [5.74, 6) is 0.357. The number of nitrogens with zero attached hydrogens (tertiary/aromatic N) is 2. The highest BCUT2D eigenvalue weighted by Crippen LogP contribution is 2.39. The van der Waals surface area contributed by atoms with Crippen molar-refractivity contribution in [2.45, 2.75) is 51.1 Å². The van der Waals surface area contributed by atoms with Crippen LogP contribution in [0.2, 0.25) is 0 Å². The Labute approximate surface area is 120 Å². The van der Waals surface area contributed by atoms with Crippen molar-refractivity contribution in [3.8, 4) is 0 Å². The highest BCUT2D eigenvalue weighted by Gasteiger charge is 2.44. The number of hydrogen-bond acceptors (Lipinski definition) is 3. The third-order valence-corrected chi connectivity index (χ3v) is 4.99. The lowest BCUT2D eigenvalue weighted by atomic mass is 9.88. The van der Waals surface area contributed by atoms with E-state index >= 15 is 0 Å². The third kappa shape index (κ3) is 2.49. The molecule has 1 aromatic heterocycles. The SMILES string of the molecule is CCN1C(=O)CC[C@]12CCCN(Cc1ccoc1)CC2. The van der Waals surface area contributed by atoms with Crippen LogP contribution in [0.25, 0.3) is 0 Å². The Morgan fingerprint density at radius 3 is 2.95 bits per heavy atom. The highest BCUT2D eigenvalue weighted by molar-refractivity contribution is 5.79. The van der Waals surface area contributed by atoms with Gasteiger partial charge in [0.2, 0.25) is 5.91 Å². The lowest BCUT2D eigenvalue weighted by molar-refractivity contribution is -0.131. The van der Waals surface area contributed by atoms with Gasteiger partial charge in [0.1, 0.15) is 0 Å². The maximum Gasteiger partial charge on any atom is 0.223 e. The normalized spacial score (nSPS) is 28.2. The number of amides is 1. The summed E-state index contributed by atoms with van der Waals surface area (Å²) in [4.78, 5) is 16.7. The van der Waals surface area contributed by atoms with Crippen LogP contribution in [0.1, 0.15) is 44.6 Å². The van der Waals surface area contributed by atoms with Gasteiger partial charge in [0.15, 0.2) is 0 Å². The van der Waals surface area contributed by atoms with Gasteiger partial charge in [-0.2, -0.15) is 0 Å². The number of furan rings is 1. The number of likely N-dealkylation sites (tertiary alicyclic amines) is 2. The summed E-state index contributed by atoms with van der Waals surface area (Å²) in [5.41, 5.74) is 1.40. The van der Waals surface area contributed by atoms with E-state index in [0.717, 1.165) is 51.9 Å². The van der Waals surface area contributed by atoms with Crippen molar-refractivity contribution in [3.63, 3.8) is 0 Å². The Bertz CT molecular complexity index is 457. The molecular formula is C16H24N2O2. The zero-order valence-corrected chi connectivity index (χ0v) is 12.3. The molecule has 110 valence electrons. The Hall–Kier alpha value is -1.29. The number of hydrogen-bond donors (Lipinski definition) is 0. The molecule has 3 heterocycles. The third-order valence-electron chi connectivity index (χ3n) is 4.99. The first kappa shape index (κ1) is 13.7. The molecule has 4 heteroatoms. The van der Waals surface area contributed by atoms with Crippen molar-refractivity contribution in [1.29, 1.82) is 0 Å². The van der Waals surface area contributed by atoms with Crippen molar-refractivity contribution in [3.05, 3.63) is 24.2 Å². The lowest BCUT2D eigenvalue weighted by Crippen LogP contribution is -2.46. The van der Waals surface area contributed by atoms with Gasteiger partial charge in [0.05, 0.1) is 12.5 Å².